The Bertz CT molecular complexity index is 626. The molecule has 1 saturated heterocycles. The number of hydrogen-bond donors (Lipinski definition) is 1. The Hall–Kier alpha value is -1.86. The van der Waals surface area contributed by atoms with Gasteiger partial charge in [-0.2, -0.15) is 10.1 Å². The lowest BCUT2D eigenvalue weighted by molar-refractivity contribution is -0.0812. The van der Waals surface area contributed by atoms with Crippen LogP contribution in [0, 0.1) is 6.92 Å². The summed E-state index contributed by atoms with van der Waals surface area (Å²) in [4.78, 5) is 8.40. The van der Waals surface area contributed by atoms with Gasteiger partial charge in [0.05, 0.1) is 37.0 Å². The maximum atomic E-state index is 6.02. The number of ether oxygens (including phenoxy) is 2. The lowest BCUT2D eigenvalue weighted by atomic mass is 10.3. The van der Waals surface area contributed by atoms with Gasteiger partial charge in [0.25, 0.3) is 0 Å². The number of aromatic nitrogens is 4. The van der Waals surface area contributed by atoms with Crippen LogP contribution in [0.25, 0.3) is 0 Å². The molecule has 1 aliphatic heterocycles. The molecule has 0 amide bonds. The molecule has 106 valence electrons. The van der Waals surface area contributed by atoms with Crippen molar-refractivity contribution in [2.45, 2.75) is 13.0 Å². The molecule has 20 heavy (non-hydrogen) atoms. The quantitative estimate of drug-likeness (QED) is 0.925. The van der Waals surface area contributed by atoms with Gasteiger partial charge in [-0.3, -0.25) is 4.68 Å². The molecule has 0 aliphatic carbocycles. The van der Waals surface area contributed by atoms with Crippen molar-refractivity contribution in [1.82, 2.24) is 19.7 Å². The Labute approximate surface area is 120 Å². The standard InChI is InChI=1S/C12H14ClN5O2/c1-7-10(4-15-18(7)2)16-12-14-3-9(13)11(17-12)20-8-5-19-6-8/h3-4,8H,5-6H2,1-2H3,(H,14,16,17). The van der Waals surface area contributed by atoms with E-state index < -0.39 is 0 Å². The highest BCUT2D eigenvalue weighted by Crippen LogP contribution is 2.26. The Balaban J connectivity index is 1.79. The summed E-state index contributed by atoms with van der Waals surface area (Å²) >= 11 is 6.02. The van der Waals surface area contributed by atoms with E-state index in [-0.39, 0.29) is 6.10 Å². The van der Waals surface area contributed by atoms with Gasteiger partial charge >= 0.3 is 0 Å². The largest absolute Gasteiger partial charge is 0.468 e. The van der Waals surface area contributed by atoms with Crippen LogP contribution in [0.5, 0.6) is 5.88 Å². The Kier molecular flexibility index (Phi) is 3.45. The molecule has 1 aliphatic rings. The summed E-state index contributed by atoms with van der Waals surface area (Å²) < 4.78 is 12.4. The maximum Gasteiger partial charge on any atom is 0.237 e. The summed E-state index contributed by atoms with van der Waals surface area (Å²) in [5.41, 5.74) is 1.83. The van der Waals surface area contributed by atoms with Gasteiger partial charge in [-0.1, -0.05) is 11.6 Å². The third kappa shape index (κ3) is 2.54. The third-order valence-electron chi connectivity index (χ3n) is 3.08. The van der Waals surface area contributed by atoms with Crippen molar-refractivity contribution in [2.24, 2.45) is 7.05 Å². The normalized spacial score (nSPS) is 14.9. The van der Waals surface area contributed by atoms with Crippen molar-refractivity contribution in [3.63, 3.8) is 0 Å². The van der Waals surface area contributed by atoms with E-state index in [1.54, 1.807) is 10.9 Å². The molecule has 0 bridgehead atoms. The van der Waals surface area contributed by atoms with Crippen molar-refractivity contribution in [2.75, 3.05) is 18.5 Å². The zero-order chi connectivity index (χ0) is 14.1. The van der Waals surface area contributed by atoms with Gasteiger partial charge in [0, 0.05) is 7.05 Å². The number of nitrogens with zero attached hydrogens (tertiary/aromatic N) is 4. The molecule has 0 saturated carbocycles. The number of halogens is 1. The molecule has 1 N–H and O–H groups in total. The lowest BCUT2D eigenvalue weighted by Crippen LogP contribution is -2.38. The highest BCUT2D eigenvalue weighted by molar-refractivity contribution is 6.31. The summed E-state index contributed by atoms with van der Waals surface area (Å²) in [6.45, 7) is 3.07. The fourth-order valence-corrected chi connectivity index (χ4v) is 1.81. The van der Waals surface area contributed by atoms with E-state index in [9.17, 15) is 0 Å². The average Bonchev–Trinajstić information content (AvgIpc) is 2.69. The van der Waals surface area contributed by atoms with Gasteiger partial charge < -0.3 is 14.8 Å². The highest BCUT2D eigenvalue weighted by Gasteiger charge is 2.22. The van der Waals surface area contributed by atoms with Gasteiger partial charge in [0.2, 0.25) is 11.8 Å². The molecule has 0 spiro atoms. The predicted octanol–water partition coefficient (Wildman–Crippen LogP) is 1.69. The average molecular weight is 296 g/mol. The molecule has 0 atom stereocenters. The first-order valence-electron chi connectivity index (χ1n) is 6.16. The summed E-state index contributed by atoms with van der Waals surface area (Å²) in [6.07, 6.45) is 3.24. The number of anilines is 2. The molecule has 1 fully saturated rings. The van der Waals surface area contributed by atoms with Crippen molar-refractivity contribution in [3.8, 4) is 5.88 Å². The second-order valence-electron chi connectivity index (χ2n) is 4.52. The minimum Gasteiger partial charge on any atom is -0.468 e. The van der Waals surface area contributed by atoms with Gasteiger partial charge in [-0.15, -0.1) is 0 Å². The van der Waals surface area contributed by atoms with Crippen LogP contribution in [0.2, 0.25) is 5.02 Å². The molecular formula is C12H14ClN5O2. The van der Waals surface area contributed by atoms with Crippen LogP contribution in [0.3, 0.4) is 0 Å². The van der Waals surface area contributed by atoms with Gasteiger partial charge in [-0.25, -0.2) is 4.98 Å². The summed E-state index contributed by atoms with van der Waals surface area (Å²) in [6, 6.07) is 0. The second kappa shape index (κ2) is 5.26. The van der Waals surface area contributed by atoms with Crippen molar-refractivity contribution < 1.29 is 9.47 Å². The second-order valence-corrected chi connectivity index (χ2v) is 4.92. The molecule has 3 rings (SSSR count). The van der Waals surface area contributed by atoms with E-state index in [4.69, 9.17) is 21.1 Å². The molecule has 7 nitrogen and oxygen atoms in total. The first-order chi connectivity index (χ1) is 9.63. The van der Waals surface area contributed by atoms with E-state index in [2.05, 4.69) is 20.4 Å². The first-order valence-corrected chi connectivity index (χ1v) is 6.54. The maximum absolute atomic E-state index is 6.02. The lowest BCUT2D eigenvalue weighted by Gasteiger charge is -2.26. The Morgan fingerprint density at radius 3 is 2.85 bits per heavy atom. The van der Waals surface area contributed by atoms with Crippen LogP contribution in [-0.2, 0) is 11.8 Å². The van der Waals surface area contributed by atoms with Crippen LogP contribution < -0.4 is 10.1 Å². The molecule has 8 heteroatoms. The zero-order valence-corrected chi connectivity index (χ0v) is 11.9. The van der Waals surface area contributed by atoms with Crippen LogP contribution in [0.4, 0.5) is 11.6 Å². The van der Waals surface area contributed by atoms with E-state index in [0.717, 1.165) is 11.4 Å². The number of aryl methyl sites for hydroxylation is 1. The molecule has 0 unspecified atom stereocenters. The minimum absolute atomic E-state index is 0.00961. The first kappa shape index (κ1) is 13.1. The summed E-state index contributed by atoms with van der Waals surface area (Å²) in [5, 5.41) is 7.62. The smallest absolute Gasteiger partial charge is 0.237 e. The highest BCUT2D eigenvalue weighted by atomic mass is 35.5. The fraction of sp³-hybridized carbons (Fsp3) is 0.417. The SMILES string of the molecule is Cc1c(Nc2ncc(Cl)c(OC3COC3)n2)cnn1C. The number of nitrogens with one attached hydrogen (secondary N) is 1. The number of rotatable bonds is 4. The van der Waals surface area contributed by atoms with Crippen LogP contribution in [0.15, 0.2) is 12.4 Å². The fourth-order valence-electron chi connectivity index (χ4n) is 1.68. The summed E-state index contributed by atoms with van der Waals surface area (Å²) in [5.74, 6) is 0.778. The van der Waals surface area contributed by atoms with Crippen LogP contribution >= 0.6 is 11.6 Å². The minimum atomic E-state index is 0.00961. The van der Waals surface area contributed by atoms with Crippen molar-refractivity contribution >= 4 is 23.2 Å². The van der Waals surface area contributed by atoms with Gasteiger partial charge in [0.1, 0.15) is 11.1 Å². The monoisotopic (exact) mass is 295 g/mol. The third-order valence-corrected chi connectivity index (χ3v) is 3.34. The van der Waals surface area contributed by atoms with E-state index >= 15 is 0 Å². The van der Waals surface area contributed by atoms with Gasteiger partial charge in [0.15, 0.2) is 0 Å². The van der Waals surface area contributed by atoms with E-state index in [0.29, 0.717) is 30.1 Å². The van der Waals surface area contributed by atoms with E-state index in [1.165, 1.54) is 6.20 Å². The molecule has 0 aromatic carbocycles. The van der Waals surface area contributed by atoms with Gasteiger partial charge in [-0.05, 0) is 6.92 Å². The van der Waals surface area contributed by atoms with Crippen molar-refractivity contribution in [1.29, 1.82) is 0 Å². The summed E-state index contributed by atoms with van der Waals surface area (Å²) in [7, 11) is 1.87. The zero-order valence-electron chi connectivity index (χ0n) is 11.1. The molecule has 2 aromatic rings. The van der Waals surface area contributed by atoms with Crippen LogP contribution in [0.1, 0.15) is 5.69 Å². The van der Waals surface area contributed by atoms with Crippen molar-refractivity contribution in [3.05, 3.63) is 23.1 Å². The molecule has 3 heterocycles. The Morgan fingerprint density at radius 2 is 2.25 bits per heavy atom. The number of hydrogen-bond acceptors (Lipinski definition) is 6. The molecule has 0 radical (unpaired) electrons. The molecule has 2 aromatic heterocycles. The Morgan fingerprint density at radius 1 is 1.45 bits per heavy atom. The predicted molar refractivity (Wildman–Crippen MR) is 73.5 cm³/mol. The topological polar surface area (TPSA) is 74.1 Å². The van der Waals surface area contributed by atoms with Crippen LogP contribution in [-0.4, -0.2) is 39.1 Å². The van der Waals surface area contributed by atoms with E-state index in [1.807, 2.05) is 14.0 Å². The molecular weight excluding hydrogens is 282 g/mol.